The summed E-state index contributed by atoms with van der Waals surface area (Å²) in [6, 6.07) is 3.99. The summed E-state index contributed by atoms with van der Waals surface area (Å²) in [4.78, 5) is 2.25. The summed E-state index contributed by atoms with van der Waals surface area (Å²) in [6.45, 7) is 5.59. The maximum Gasteiger partial charge on any atom is 0.258 e. The van der Waals surface area contributed by atoms with E-state index in [0.29, 0.717) is 18.7 Å². The minimum Gasteiger partial charge on any atom is -0.313 e. The summed E-state index contributed by atoms with van der Waals surface area (Å²) in [7, 11) is -3.58. The third-order valence-corrected chi connectivity index (χ3v) is 5.66. The summed E-state index contributed by atoms with van der Waals surface area (Å²) in [5.41, 5.74) is 0.643. The van der Waals surface area contributed by atoms with Crippen LogP contribution in [0.3, 0.4) is 0 Å². The number of sulfonamides is 1. The van der Waals surface area contributed by atoms with Gasteiger partial charge in [0.1, 0.15) is 0 Å². The SMILES string of the molecule is CCNCc1cn[nH]c1S(=O)(=O)NCc1ccc(CC)s1. The number of thiophene rings is 1. The Morgan fingerprint density at radius 2 is 2.00 bits per heavy atom. The third-order valence-electron chi connectivity index (χ3n) is 3.01. The maximum atomic E-state index is 12.3. The van der Waals surface area contributed by atoms with Crippen molar-refractivity contribution >= 4 is 21.4 Å². The fraction of sp³-hybridized carbons (Fsp3) is 0.462. The fourth-order valence-electron chi connectivity index (χ4n) is 1.86. The van der Waals surface area contributed by atoms with Gasteiger partial charge in [0.05, 0.1) is 6.20 Å². The van der Waals surface area contributed by atoms with Crippen LogP contribution in [-0.2, 0) is 29.5 Å². The third kappa shape index (κ3) is 4.13. The van der Waals surface area contributed by atoms with Crippen LogP contribution in [0.1, 0.15) is 29.2 Å². The van der Waals surface area contributed by atoms with Crippen molar-refractivity contribution in [2.75, 3.05) is 6.54 Å². The van der Waals surface area contributed by atoms with Gasteiger partial charge >= 0.3 is 0 Å². The standard InChI is InChI=1S/C13H20N4O2S2/c1-3-11-5-6-12(20-11)9-16-21(18,19)13-10(7-14-4-2)8-15-17-13/h5-6,8,14,16H,3-4,7,9H2,1-2H3,(H,15,17). The first kappa shape index (κ1) is 16.2. The minimum absolute atomic E-state index is 0.135. The van der Waals surface area contributed by atoms with Gasteiger partial charge in [0.2, 0.25) is 0 Å². The van der Waals surface area contributed by atoms with E-state index in [4.69, 9.17) is 0 Å². The molecule has 0 amide bonds. The first-order valence-electron chi connectivity index (χ1n) is 6.87. The monoisotopic (exact) mass is 328 g/mol. The molecule has 0 aliphatic rings. The highest BCUT2D eigenvalue weighted by Crippen LogP contribution is 2.18. The van der Waals surface area contributed by atoms with E-state index >= 15 is 0 Å². The largest absolute Gasteiger partial charge is 0.313 e. The van der Waals surface area contributed by atoms with Crippen LogP contribution in [0.25, 0.3) is 0 Å². The first-order valence-corrected chi connectivity index (χ1v) is 9.17. The molecule has 0 spiro atoms. The van der Waals surface area contributed by atoms with Crippen LogP contribution in [0, 0.1) is 0 Å². The highest BCUT2D eigenvalue weighted by molar-refractivity contribution is 7.89. The summed E-state index contributed by atoms with van der Waals surface area (Å²) >= 11 is 1.62. The average Bonchev–Trinajstić information content (AvgIpc) is 3.12. The van der Waals surface area contributed by atoms with Crippen molar-refractivity contribution in [1.82, 2.24) is 20.2 Å². The van der Waals surface area contributed by atoms with E-state index < -0.39 is 10.0 Å². The predicted octanol–water partition coefficient (Wildman–Crippen LogP) is 1.62. The summed E-state index contributed by atoms with van der Waals surface area (Å²) in [6.07, 6.45) is 2.50. The van der Waals surface area contributed by atoms with Gasteiger partial charge in [-0.05, 0) is 25.1 Å². The number of H-pyrrole nitrogens is 1. The van der Waals surface area contributed by atoms with Crippen molar-refractivity contribution in [2.45, 2.75) is 38.4 Å². The van der Waals surface area contributed by atoms with Crippen LogP contribution >= 0.6 is 11.3 Å². The normalized spacial score (nSPS) is 11.9. The molecule has 0 bridgehead atoms. The Morgan fingerprint density at radius 1 is 1.24 bits per heavy atom. The zero-order valence-electron chi connectivity index (χ0n) is 12.1. The predicted molar refractivity (Wildman–Crippen MR) is 83.7 cm³/mol. The summed E-state index contributed by atoms with van der Waals surface area (Å²) in [5, 5.41) is 9.64. The van der Waals surface area contributed by atoms with Crippen molar-refractivity contribution in [1.29, 1.82) is 0 Å². The molecular weight excluding hydrogens is 308 g/mol. The molecule has 2 rings (SSSR count). The van der Waals surface area contributed by atoms with Gasteiger partial charge in [-0.15, -0.1) is 11.3 Å². The molecule has 3 N–H and O–H groups in total. The van der Waals surface area contributed by atoms with E-state index in [-0.39, 0.29) is 5.03 Å². The number of hydrogen-bond acceptors (Lipinski definition) is 5. The second-order valence-electron chi connectivity index (χ2n) is 4.55. The molecule has 0 atom stereocenters. The van der Waals surface area contributed by atoms with Gasteiger partial charge in [-0.3, -0.25) is 5.10 Å². The molecule has 2 aromatic rings. The number of aromatic nitrogens is 2. The van der Waals surface area contributed by atoms with Crippen LogP contribution in [0.15, 0.2) is 23.4 Å². The quantitative estimate of drug-likeness (QED) is 0.687. The topological polar surface area (TPSA) is 86.9 Å². The molecule has 0 aliphatic carbocycles. The Morgan fingerprint density at radius 3 is 2.67 bits per heavy atom. The lowest BCUT2D eigenvalue weighted by Crippen LogP contribution is -2.25. The lowest BCUT2D eigenvalue weighted by molar-refractivity contribution is 0.574. The van der Waals surface area contributed by atoms with Crippen LogP contribution in [0.4, 0.5) is 0 Å². The Kier molecular flexibility index (Phi) is 5.51. The molecule has 8 heteroatoms. The summed E-state index contributed by atoms with van der Waals surface area (Å²) < 4.78 is 27.3. The maximum absolute atomic E-state index is 12.3. The van der Waals surface area contributed by atoms with E-state index in [1.165, 1.54) is 11.1 Å². The van der Waals surface area contributed by atoms with Gasteiger partial charge in [-0.2, -0.15) is 5.10 Å². The van der Waals surface area contributed by atoms with Crippen LogP contribution < -0.4 is 10.0 Å². The molecule has 0 saturated carbocycles. The van der Waals surface area contributed by atoms with Gasteiger partial charge < -0.3 is 5.32 Å². The van der Waals surface area contributed by atoms with E-state index in [1.54, 1.807) is 11.3 Å². The van der Waals surface area contributed by atoms with Crippen LogP contribution in [-0.4, -0.2) is 25.2 Å². The molecule has 0 aliphatic heterocycles. The van der Waals surface area contributed by atoms with Crippen molar-refractivity contribution in [3.63, 3.8) is 0 Å². The number of aryl methyl sites for hydroxylation is 1. The lowest BCUT2D eigenvalue weighted by Gasteiger charge is -2.06. The van der Waals surface area contributed by atoms with E-state index in [1.807, 2.05) is 19.1 Å². The van der Waals surface area contributed by atoms with E-state index in [0.717, 1.165) is 17.8 Å². The number of nitrogens with zero attached hydrogens (tertiary/aromatic N) is 1. The number of hydrogen-bond donors (Lipinski definition) is 3. The van der Waals surface area contributed by atoms with Crippen LogP contribution in [0.2, 0.25) is 0 Å². The minimum atomic E-state index is -3.58. The zero-order chi connectivity index (χ0) is 15.3. The highest BCUT2D eigenvalue weighted by Gasteiger charge is 2.20. The molecule has 6 nitrogen and oxygen atoms in total. The Balaban J connectivity index is 2.06. The number of aromatic amines is 1. The second kappa shape index (κ2) is 7.17. The molecule has 0 fully saturated rings. The Bertz CT molecular complexity index is 676. The molecule has 21 heavy (non-hydrogen) atoms. The average molecular weight is 328 g/mol. The second-order valence-corrected chi connectivity index (χ2v) is 7.51. The molecule has 0 saturated heterocycles. The van der Waals surface area contributed by atoms with Crippen molar-refractivity contribution in [2.24, 2.45) is 0 Å². The molecule has 0 radical (unpaired) electrons. The van der Waals surface area contributed by atoms with Crippen molar-refractivity contribution in [3.8, 4) is 0 Å². The fourth-order valence-corrected chi connectivity index (χ4v) is 3.98. The highest BCUT2D eigenvalue weighted by atomic mass is 32.2. The molecular formula is C13H20N4O2S2. The van der Waals surface area contributed by atoms with Gasteiger partial charge in [0.25, 0.3) is 10.0 Å². The molecule has 116 valence electrons. The van der Waals surface area contributed by atoms with E-state index in [9.17, 15) is 8.42 Å². The van der Waals surface area contributed by atoms with Crippen molar-refractivity contribution in [3.05, 3.63) is 33.6 Å². The van der Waals surface area contributed by atoms with Gasteiger partial charge in [0.15, 0.2) is 5.03 Å². The van der Waals surface area contributed by atoms with Gasteiger partial charge in [-0.1, -0.05) is 13.8 Å². The number of nitrogens with one attached hydrogen (secondary N) is 3. The molecule has 0 unspecified atom stereocenters. The van der Waals surface area contributed by atoms with Crippen LogP contribution in [0.5, 0.6) is 0 Å². The Labute approximate surface area is 129 Å². The van der Waals surface area contributed by atoms with Gasteiger partial charge in [0, 0.05) is 28.4 Å². The smallest absolute Gasteiger partial charge is 0.258 e. The molecule has 2 heterocycles. The molecule has 2 aromatic heterocycles. The lowest BCUT2D eigenvalue weighted by atomic mass is 10.3. The van der Waals surface area contributed by atoms with Gasteiger partial charge in [-0.25, -0.2) is 13.1 Å². The van der Waals surface area contributed by atoms with Crippen molar-refractivity contribution < 1.29 is 8.42 Å². The first-order chi connectivity index (χ1) is 10.1. The van der Waals surface area contributed by atoms with E-state index in [2.05, 4.69) is 27.2 Å². The number of rotatable bonds is 8. The summed E-state index contributed by atoms with van der Waals surface area (Å²) in [5.74, 6) is 0. The zero-order valence-corrected chi connectivity index (χ0v) is 13.8. The Hall–Kier alpha value is -1.22. The molecule has 0 aromatic carbocycles.